The molecule has 1 aromatic heterocycles. The number of rotatable bonds is 2. The van der Waals surface area contributed by atoms with Crippen LogP contribution in [-0.4, -0.2) is 40.1 Å². The minimum absolute atomic E-state index is 0.0785. The highest BCUT2D eigenvalue weighted by Crippen LogP contribution is 2.23. The molecule has 3 rings (SSSR count). The maximum atomic E-state index is 10.8. The Bertz CT molecular complexity index is 643. The van der Waals surface area contributed by atoms with E-state index < -0.39 is 4.92 Å². The third-order valence-corrected chi connectivity index (χ3v) is 3.52. The van der Waals surface area contributed by atoms with Crippen molar-refractivity contribution in [2.24, 2.45) is 0 Å². The second-order valence-electron chi connectivity index (χ2n) is 5.39. The summed E-state index contributed by atoms with van der Waals surface area (Å²) < 4.78 is 0. The van der Waals surface area contributed by atoms with Crippen molar-refractivity contribution in [3.05, 3.63) is 28.3 Å². The van der Waals surface area contributed by atoms with Crippen LogP contribution in [0.25, 0.3) is 11.0 Å². The number of aromatic nitrogens is 2. The minimum Gasteiger partial charge on any atom is -0.339 e. The van der Waals surface area contributed by atoms with Gasteiger partial charge in [0, 0.05) is 37.3 Å². The summed E-state index contributed by atoms with van der Waals surface area (Å²) in [6.07, 6.45) is 0. The normalized spacial score (nSPS) is 23.2. The van der Waals surface area contributed by atoms with E-state index in [0.29, 0.717) is 17.6 Å². The van der Waals surface area contributed by atoms with E-state index in [1.165, 1.54) is 12.1 Å². The first-order chi connectivity index (χ1) is 9.52. The van der Waals surface area contributed by atoms with Gasteiger partial charge in [-0.3, -0.25) is 10.1 Å². The monoisotopic (exact) mass is 275 g/mol. The fourth-order valence-electron chi connectivity index (χ4n) is 2.75. The average molecular weight is 275 g/mol. The Hall–Kier alpha value is -2.15. The standard InChI is InChI=1S/C13H17N5O2/c1-8-6-17(7-9(2)14-8)13-15-11-4-3-10(18(19)20)5-12(11)16-13/h3-5,8-9,14H,6-7H2,1-2H3,(H,15,16). The number of hydrogen-bond acceptors (Lipinski definition) is 5. The Morgan fingerprint density at radius 2 is 2.05 bits per heavy atom. The molecule has 7 heteroatoms. The van der Waals surface area contributed by atoms with Crippen molar-refractivity contribution in [1.29, 1.82) is 0 Å². The molecule has 1 aliphatic heterocycles. The molecule has 2 heterocycles. The van der Waals surface area contributed by atoms with Gasteiger partial charge in [-0.1, -0.05) is 0 Å². The molecule has 2 N–H and O–H groups in total. The number of H-pyrrole nitrogens is 1. The highest BCUT2D eigenvalue weighted by molar-refractivity contribution is 5.80. The molecule has 2 atom stereocenters. The highest BCUT2D eigenvalue weighted by atomic mass is 16.6. The third-order valence-electron chi connectivity index (χ3n) is 3.52. The number of piperazine rings is 1. The van der Waals surface area contributed by atoms with Crippen molar-refractivity contribution in [2.45, 2.75) is 25.9 Å². The molecule has 0 aliphatic carbocycles. The number of imidazole rings is 1. The Labute approximate surface area is 116 Å². The molecular weight excluding hydrogens is 258 g/mol. The van der Waals surface area contributed by atoms with Gasteiger partial charge in [0.05, 0.1) is 16.0 Å². The summed E-state index contributed by atoms with van der Waals surface area (Å²) in [5.74, 6) is 0.778. The molecule has 7 nitrogen and oxygen atoms in total. The fourth-order valence-corrected chi connectivity index (χ4v) is 2.75. The quantitative estimate of drug-likeness (QED) is 0.643. The van der Waals surface area contributed by atoms with Crippen LogP contribution in [0.4, 0.5) is 11.6 Å². The number of fused-ring (bicyclic) bond motifs is 1. The van der Waals surface area contributed by atoms with Gasteiger partial charge in [0.15, 0.2) is 0 Å². The van der Waals surface area contributed by atoms with Crippen LogP contribution in [0.1, 0.15) is 13.8 Å². The van der Waals surface area contributed by atoms with Crippen LogP contribution in [0.5, 0.6) is 0 Å². The van der Waals surface area contributed by atoms with Crippen LogP contribution in [-0.2, 0) is 0 Å². The Morgan fingerprint density at radius 3 is 2.70 bits per heavy atom. The SMILES string of the molecule is CC1CN(c2nc3ccc([N+](=O)[O-])cc3[nH]2)CC(C)N1. The van der Waals surface area contributed by atoms with Crippen LogP contribution in [0, 0.1) is 10.1 Å². The Kier molecular flexibility index (Phi) is 3.06. The van der Waals surface area contributed by atoms with E-state index in [1.54, 1.807) is 6.07 Å². The summed E-state index contributed by atoms with van der Waals surface area (Å²) in [7, 11) is 0. The molecule has 1 aliphatic rings. The molecular formula is C13H17N5O2. The predicted octanol–water partition coefficient (Wildman–Crippen LogP) is 1.66. The van der Waals surface area contributed by atoms with E-state index in [2.05, 4.69) is 34.0 Å². The zero-order chi connectivity index (χ0) is 14.3. The highest BCUT2D eigenvalue weighted by Gasteiger charge is 2.23. The number of hydrogen-bond donors (Lipinski definition) is 2. The minimum atomic E-state index is -0.394. The second kappa shape index (κ2) is 4.75. The number of anilines is 1. The van der Waals surface area contributed by atoms with Crippen molar-refractivity contribution in [2.75, 3.05) is 18.0 Å². The number of nitrogens with one attached hydrogen (secondary N) is 2. The molecule has 0 radical (unpaired) electrons. The van der Waals surface area contributed by atoms with Crippen LogP contribution in [0.2, 0.25) is 0 Å². The molecule has 1 aromatic carbocycles. The first-order valence-corrected chi connectivity index (χ1v) is 6.68. The van der Waals surface area contributed by atoms with Gasteiger partial charge in [0.2, 0.25) is 5.95 Å². The summed E-state index contributed by atoms with van der Waals surface area (Å²) in [5, 5.41) is 14.3. The number of benzene rings is 1. The number of nitro groups is 1. The van der Waals surface area contributed by atoms with Gasteiger partial charge >= 0.3 is 0 Å². The van der Waals surface area contributed by atoms with Crippen LogP contribution < -0.4 is 10.2 Å². The zero-order valence-corrected chi connectivity index (χ0v) is 11.5. The van der Waals surface area contributed by atoms with Gasteiger partial charge in [0.1, 0.15) is 0 Å². The first-order valence-electron chi connectivity index (χ1n) is 6.68. The zero-order valence-electron chi connectivity index (χ0n) is 11.5. The van der Waals surface area contributed by atoms with E-state index in [-0.39, 0.29) is 5.69 Å². The van der Waals surface area contributed by atoms with E-state index in [1.807, 2.05) is 0 Å². The van der Waals surface area contributed by atoms with Crippen LogP contribution in [0.3, 0.4) is 0 Å². The molecule has 2 unspecified atom stereocenters. The summed E-state index contributed by atoms with van der Waals surface area (Å²) in [6.45, 7) is 6.00. The van der Waals surface area contributed by atoms with Crippen molar-refractivity contribution in [3.8, 4) is 0 Å². The lowest BCUT2D eigenvalue weighted by Gasteiger charge is -2.35. The first kappa shape index (κ1) is 12.9. The van der Waals surface area contributed by atoms with Crippen molar-refractivity contribution in [3.63, 3.8) is 0 Å². The molecule has 0 bridgehead atoms. The molecule has 0 saturated carbocycles. The topological polar surface area (TPSA) is 87.1 Å². The smallest absolute Gasteiger partial charge is 0.271 e. The number of nitro benzene ring substituents is 1. The second-order valence-corrected chi connectivity index (χ2v) is 5.39. The Morgan fingerprint density at radius 1 is 1.35 bits per heavy atom. The van der Waals surface area contributed by atoms with Crippen LogP contribution in [0.15, 0.2) is 18.2 Å². The maximum absolute atomic E-state index is 10.8. The summed E-state index contributed by atoms with van der Waals surface area (Å²) in [6, 6.07) is 5.47. The van der Waals surface area contributed by atoms with Gasteiger partial charge in [-0.2, -0.15) is 0 Å². The van der Waals surface area contributed by atoms with Gasteiger partial charge in [-0.05, 0) is 19.9 Å². The lowest BCUT2D eigenvalue weighted by atomic mass is 10.1. The fraction of sp³-hybridized carbons (Fsp3) is 0.462. The summed E-state index contributed by atoms with van der Waals surface area (Å²) in [4.78, 5) is 20.3. The molecule has 1 saturated heterocycles. The third kappa shape index (κ3) is 2.32. The number of nitrogens with zero attached hydrogens (tertiary/aromatic N) is 3. The van der Waals surface area contributed by atoms with Crippen molar-refractivity contribution < 1.29 is 4.92 Å². The number of non-ortho nitro benzene ring substituents is 1. The van der Waals surface area contributed by atoms with Gasteiger partial charge in [-0.25, -0.2) is 4.98 Å². The average Bonchev–Trinajstić information content (AvgIpc) is 2.80. The maximum Gasteiger partial charge on any atom is 0.271 e. The lowest BCUT2D eigenvalue weighted by Crippen LogP contribution is -2.54. The van der Waals surface area contributed by atoms with E-state index >= 15 is 0 Å². The molecule has 20 heavy (non-hydrogen) atoms. The Balaban J connectivity index is 1.94. The molecule has 0 amide bonds. The largest absolute Gasteiger partial charge is 0.339 e. The van der Waals surface area contributed by atoms with E-state index in [0.717, 1.165) is 24.6 Å². The van der Waals surface area contributed by atoms with Crippen LogP contribution >= 0.6 is 0 Å². The van der Waals surface area contributed by atoms with Crippen molar-refractivity contribution >= 4 is 22.7 Å². The van der Waals surface area contributed by atoms with Gasteiger partial charge < -0.3 is 15.2 Å². The molecule has 106 valence electrons. The van der Waals surface area contributed by atoms with Crippen molar-refractivity contribution in [1.82, 2.24) is 15.3 Å². The summed E-state index contributed by atoms with van der Waals surface area (Å²) >= 11 is 0. The molecule has 1 fully saturated rings. The van der Waals surface area contributed by atoms with Gasteiger partial charge in [0.25, 0.3) is 5.69 Å². The molecule has 0 spiro atoms. The van der Waals surface area contributed by atoms with Gasteiger partial charge in [-0.15, -0.1) is 0 Å². The van der Waals surface area contributed by atoms with E-state index in [4.69, 9.17) is 0 Å². The predicted molar refractivity (Wildman–Crippen MR) is 77.0 cm³/mol. The lowest BCUT2D eigenvalue weighted by molar-refractivity contribution is -0.384. The molecule has 2 aromatic rings. The summed E-state index contributed by atoms with van der Waals surface area (Å²) in [5.41, 5.74) is 1.53. The van der Waals surface area contributed by atoms with E-state index in [9.17, 15) is 10.1 Å². The number of aromatic amines is 1.